The van der Waals surface area contributed by atoms with Crippen LogP contribution in [0.15, 0.2) is 18.2 Å². The summed E-state index contributed by atoms with van der Waals surface area (Å²) in [5.74, 6) is 0.385. The standard InChI is InChI=1S/C15H20BrNO3/c1-4-10-6-7-12(11(8-10)17(18)19)20-14-9-13(16)15(14,3)5-2/h6-8,13-14H,4-5,9H2,1-3H3. The maximum atomic E-state index is 11.2. The highest BCUT2D eigenvalue weighted by atomic mass is 79.9. The van der Waals surface area contributed by atoms with Crippen LogP contribution in [0, 0.1) is 15.5 Å². The zero-order chi connectivity index (χ0) is 14.9. The molecule has 0 aromatic heterocycles. The van der Waals surface area contributed by atoms with Gasteiger partial charge in [-0.2, -0.15) is 0 Å². The second-order valence-electron chi connectivity index (χ2n) is 5.58. The maximum absolute atomic E-state index is 11.2. The van der Waals surface area contributed by atoms with Gasteiger partial charge in [0.1, 0.15) is 6.10 Å². The van der Waals surface area contributed by atoms with Crippen molar-refractivity contribution in [1.82, 2.24) is 0 Å². The minimum Gasteiger partial charge on any atom is -0.483 e. The van der Waals surface area contributed by atoms with Gasteiger partial charge >= 0.3 is 5.69 Å². The summed E-state index contributed by atoms with van der Waals surface area (Å²) in [4.78, 5) is 11.2. The zero-order valence-corrected chi connectivity index (χ0v) is 13.6. The molecule has 0 saturated heterocycles. The van der Waals surface area contributed by atoms with Crippen molar-refractivity contribution in [3.05, 3.63) is 33.9 Å². The van der Waals surface area contributed by atoms with E-state index in [0.717, 1.165) is 24.8 Å². The van der Waals surface area contributed by atoms with Gasteiger partial charge in [0.25, 0.3) is 0 Å². The van der Waals surface area contributed by atoms with Crippen LogP contribution >= 0.6 is 15.9 Å². The van der Waals surface area contributed by atoms with Crippen LogP contribution in [0.4, 0.5) is 5.69 Å². The first-order chi connectivity index (χ1) is 9.42. The van der Waals surface area contributed by atoms with Gasteiger partial charge in [-0.05, 0) is 30.9 Å². The Bertz CT molecular complexity index is 520. The van der Waals surface area contributed by atoms with E-state index >= 15 is 0 Å². The van der Waals surface area contributed by atoms with Crippen molar-refractivity contribution in [2.45, 2.75) is 51.0 Å². The van der Waals surface area contributed by atoms with Crippen molar-refractivity contribution in [2.24, 2.45) is 5.41 Å². The molecule has 20 heavy (non-hydrogen) atoms. The normalized spacial score (nSPS) is 28.8. The zero-order valence-electron chi connectivity index (χ0n) is 12.1. The lowest BCUT2D eigenvalue weighted by molar-refractivity contribution is -0.386. The molecule has 1 aromatic carbocycles. The van der Waals surface area contributed by atoms with Crippen molar-refractivity contribution in [3.63, 3.8) is 0 Å². The van der Waals surface area contributed by atoms with Gasteiger partial charge in [0.15, 0.2) is 5.75 Å². The number of rotatable bonds is 5. The third-order valence-electron chi connectivity index (χ3n) is 4.53. The SMILES string of the molecule is CCc1ccc(OC2CC(Br)C2(C)CC)c([N+](=O)[O-])c1. The number of hydrogen-bond donors (Lipinski definition) is 0. The van der Waals surface area contributed by atoms with Crippen molar-refractivity contribution in [3.8, 4) is 5.75 Å². The third kappa shape index (κ3) is 2.55. The van der Waals surface area contributed by atoms with Gasteiger partial charge in [0.05, 0.1) is 4.92 Å². The van der Waals surface area contributed by atoms with E-state index in [-0.39, 0.29) is 22.1 Å². The molecule has 1 fully saturated rings. The molecule has 1 aliphatic carbocycles. The molecule has 3 unspecified atom stereocenters. The molecule has 0 amide bonds. The topological polar surface area (TPSA) is 52.4 Å². The molecular weight excluding hydrogens is 322 g/mol. The van der Waals surface area contributed by atoms with Crippen LogP contribution < -0.4 is 4.74 Å². The summed E-state index contributed by atoms with van der Waals surface area (Å²) in [6.07, 6.45) is 2.68. The van der Waals surface area contributed by atoms with E-state index in [4.69, 9.17) is 4.74 Å². The quantitative estimate of drug-likeness (QED) is 0.450. The maximum Gasteiger partial charge on any atom is 0.311 e. The molecule has 1 saturated carbocycles. The van der Waals surface area contributed by atoms with Crippen molar-refractivity contribution in [2.75, 3.05) is 0 Å². The highest BCUT2D eigenvalue weighted by Crippen LogP contribution is 2.50. The first kappa shape index (κ1) is 15.3. The molecule has 110 valence electrons. The summed E-state index contributed by atoms with van der Waals surface area (Å²) >= 11 is 3.65. The number of nitro benzene ring substituents is 1. The van der Waals surface area contributed by atoms with Gasteiger partial charge in [-0.3, -0.25) is 10.1 Å². The molecule has 0 heterocycles. The predicted molar refractivity (Wildman–Crippen MR) is 82.6 cm³/mol. The van der Waals surface area contributed by atoms with Gasteiger partial charge in [0.2, 0.25) is 0 Å². The number of benzene rings is 1. The summed E-state index contributed by atoms with van der Waals surface area (Å²) in [5, 5.41) is 11.2. The molecule has 0 spiro atoms. The second kappa shape index (κ2) is 5.72. The molecule has 1 aromatic rings. The van der Waals surface area contributed by atoms with Gasteiger partial charge in [-0.15, -0.1) is 0 Å². The lowest BCUT2D eigenvalue weighted by Gasteiger charge is -2.50. The number of alkyl halides is 1. The van der Waals surface area contributed by atoms with Crippen LogP contribution in [0.3, 0.4) is 0 Å². The van der Waals surface area contributed by atoms with Gasteiger partial charge in [-0.25, -0.2) is 0 Å². The average molecular weight is 342 g/mol. The fourth-order valence-electron chi connectivity index (χ4n) is 2.58. The Kier molecular flexibility index (Phi) is 4.37. The predicted octanol–water partition coefficient (Wildman–Crippen LogP) is 4.49. The molecule has 0 bridgehead atoms. The lowest BCUT2D eigenvalue weighted by Crippen LogP contribution is -2.54. The van der Waals surface area contributed by atoms with Crippen LogP contribution in [0.1, 0.15) is 39.2 Å². The number of nitro groups is 1. The Hall–Kier alpha value is -1.10. The van der Waals surface area contributed by atoms with Crippen LogP contribution in [0.2, 0.25) is 0 Å². The fourth-order valence-corrected chi connectivity index (χ4v) is 3.54. The molecule has 5 heteroatoms. The highest BCUT2D eigenvalue weighted by Gasteiger charge is 2.51. The third-order valence-corrected chi connectivity index (χ3v) is 5.95. The molecule has 1 aliphatic rings. The first-order valence-corrected chi connectivity index (χ1v) is 7.92. The largest absolute Gasteiger partial charge is 0.483 e. The minimum atomic E-state index is -0.359. The monoisotopic (exact) mass is 341 g/mol. The molecule has 3 atom stereocenters. The van der Waals surface area contributed by atoms with Crippen LogP contribution in [0.5, 0.6) is 5.75 Å². The summed E-state index contributed by atoms with van der Waals surface area (Å²) in [6, 6.07) is 5.24. The Morgan fingerprint density at radius 2 is 2.20 bits per heavy atom. The first-order valence-electron chi connectivity index (χ1n) is 7.00. The molecule has 0 N–H and O–H groups in total. The molecule has 0 aliphatic heterocycles. The number of ether oxygens (including phenoxy) is 1. The number of halogens is 1. The van der Waals surface area contributed by atoms with Crippen molar-refractivity contribution >= 4 is 21.6 Å². The molecule has 0 radical (unpaired) electrons. The lowest BCUT2D eigenvalue weighted by atomic mass is 9.65. The molecular formula is C15H20BrNO3. The fraction of sp³-hybridized carbons (Fsp3) is 0.600. The van der Waals surface area contributed by atoms with Crippen molar-refractivity contribution < 1.29 is 9.66 Å². The molecule has 2 rings (SSSR count). The van der Waals surface area contributed by atoms with Crippen LogP contribution in [-0.2, 0) is 6.42 Å². The van der Waals surface area contributed by atoms with Gasteiger partial charge in [0, 0.05) is 16.3 Å². The van der Waals surface area contributed by atoms with E-state index in [1.54, 1.807) is 12.1 Å². The van der Waals surface area contributed by atoms with E-state index in [1.165, 1.54) is 0 Å². The van der Waals surface area contributed by atoms with Crippen LogP contribution in [-0.4, -0.2) is 15.9 Å². The number of nitrogens with zero attached hydrogens (tertiary/aromatic N) is 1. The Morgan fingerprint density at radius 1 is 1.50 bits per heavy atom. The Labute approximate surface area is 127 Å². The summed E-state index contributed by atoms with van der Waals surface area (Å²) in [6.45, 7) is 6.26. The summed E-state index contributed by atoms with van der Waals surface area (Å²) in [5.41, 5.74) is 1.06. The number of hydrogen-bond acceptors (Lipinski definition) is 3. The minimum absolute atomic E-state index is 0.0306. The summed E-state index contributed by atoms with van der Waals surface area (Å²) in [7, 11) is 0. The summed E-state index contributed by atoms with van der Waals surface area (Å²) < 4.78 is 5.95. The van der Waals surface area contributed by atoms with E-state index in [0.29, 0.717) is 10.6 Å². The van der Waals surface area contributed by atoms with Gasteiger partial charge < -0.3 is 4.74 Å². The Balaban J connectivity index is 2.24. The average Bonchev–Trinajstić information content (AvgIpc) is 2.45. The van der Waals surface area contributed by atoms with E-state index in [2.05, 4.69) is 29.8 Å². The van der Waals surface area contributed by atoms with E-state index < -0.39 is 0 Å². The van der Waals surface area contributed by atoms with Gasteiger partial charge in [-0.1, -0.05) is 42.8 Å². The molecule has 4 nitrogen and oxygen atoms in total. The Morgan fingerprint density at radius 3 is 2.70 bits per heavy atom. The van der Waals surface area contributed by atoms with Crippen molar-refractivity contribution in [1.29, 1.82) is 0 Å². The smallest absolute Gasteiger partial charge is 0.311 e. The van der Waals surface area contributed by atoms with Crippen LogP contribution in [0.25, 0.3) is 0 Å². The highest BCUT2D eigenvalue weighted by molar-refractivity contribution is 9.09. The van der Waals surface area contributed by atoms with E-state index in [9.17, 15) is 10.1 Å². The second-order valence-corrected chi connectivity index (χ2v) is 6.69. The number of aryl methyl sites for hydroxylation is 1. The van der Waals surface area contributed by atoms with E-state index in [1.807, 2.05) is 13.0 Å².